The van der Waals surface area contributed by atoms with E-state index in [1.807, 2.05) is 24.3 Å². The number of hydrogen-bond donors (Lipinski definition) is 1. The number of nitrogens with zero attached hydrogens (tertiary/aromatic N) is 2. The van der Waals surface area contributed by atoms with Crippen LogP contribution in [0.4, 0.5) is 0 Å². The molecular formula is C11H12N2O2. The molecule has 2 rings (SSSR count). The number of benzene rings is 1. The summed E-state index contributed by atoms with van der Waals surface area (Å²) in [5, 5.41) is 13.4. The molecule has 0 aliphatic rings. The monoisotopic (exact) mass is 204 g/mol. The Hall–Kier alpha value is -1.97. The van der Waals surface area contributed by atoms with Crippen molar-refractivity contribution in [3.63, 3.8) is 0 Å². The van der Waals surface area contributed by atoms with Crippen molar-refractivity contribution in [2.45, 2.75) is 6.54 Å². The summed E-state index contributed by atoms with van der Waals surface area (Å²) in [6.45, 7) is 0.558. The van der Waals surface area contributed by atoms with E-state index in [2.05, 4.69) is 5.10 Å². The van der Waals surface area contributed by atoms with Crippen LogP contribution >= 0.6 is 0 Å². The maximum Gasteiger partial charge on any atom is 0.209 e. The van der Waals surface area contributed by atoms with E-state index in [4.69, 9.17) is 4.74 Å². The van der Waals surface area contributed by atoms with Crippen molar-refractivity contribution in [2.75, 3.05) is 7.11 Å². The molecular weight excluding hydrogens is 192 g/mol. The van der Waals surface area contributed by atoms with Gasteiger partial charge in [0.05, 0.1) is 19.9 Å². The van der Waals surface area contributed by atoms with E-state index < -0.39 is 0 Å². The standard InChI is InChI=1S/C11H12N2O2/c1-15-10-4-2-9(3-5-10)8-13-11(14)6-7-12-13/h2-7,14H,8H2,1H3. The van der Waals surface area contributed by atoms with Gasteiger partial charge in [-0.2, -0.15) is 5.10 Å². The van der Waals surface area contributed by atoms with E-state index in [0.717, 1.165) is 11.3 Å². The summed E-state index contributed by atoms with van der Waals surface area (Å²) < 4.78 is 6.59. The molecule has 0 aliphatic heterocycles. The highest BCUT2D eigenvalue weighted by Crippen LogP contribution is 2.14. The van der Waals surface area contributed by atoms with Crippen molar-refractivity contribution in [3.8, 4) is 11.6 Å². The van der Waals surface area contributed by atoms with Crippen LogP contribution in [0.1, 0.15) is 5.56 Å². The molecule has 4 heteroatoms. The third-order valence-electron chi connectivity index (χ3n) is 2.19. The maximum atomic E-state index is 9.39. The summed E-state index contributed by atoms with van der Waals surface area (Å²) in [4.78, 5) is 0. The van der Waals surface area contributed by atoms with Gasteiger partial charge < -0.3 is 9.84 Å². The predicted octanol–water partition coefficient (Wildman–Crippen LogP) is 1.65. The fraction of sp³-hybridized carbons (Fsp3) is 0.182. The van der Waals surface area contributed by atoms with Gasteiger partial charge in [0.1, 0.15) is 5.75 Å². The molecule has 0 fully saturated rings. The van der Waals surface area contributed by atoms with Gasteiger partial charge in [0.25, 0.3) is 0 Å². The Morgan fingerprint density at radius 2 is 2.00 bits per heavy atom. The van der Waals surface area contributed by atoms with Crippen LogP contribution < -0.4 is 4.74 Å². The number of aromatic nitrogens is 2. The molecule has 0 radical (unpaired) electrons. The Balaban J connectivity index is 2.14. The van der Waals surface area contributed by atoms with Crippen molar-refractivity contribution in [2.24, 2.45) is 0 Å². The predicted molar refractivity (Wildman–Crippen MR) is 56.0 cm³/mol. The Kier molecular flexibility index (Phi) is 2.58. The summed E-state index contributed by atoms with van der Waals surface area (Å²) in [5.74, 6) is 0.995. The number of ether oxygens (including phenoxy) is 1. The topological polar surface area (TPSA) is 47.3 Å². The molecule has 0 bridgehead atoms. The average molecular weight is 204 g/mol. The summed E-state index contributed by atoms with van der Waals surface area (Å²) in [5.41, 5.74) is 1.06. The molecule has 4 nitrogen and oxygen atoms in total. The molecule has 1 N–H and O–H groups in total. The second kappa shape index (κ2) is 4.04. The number of aromatic hydroxyl groups is 1. The Labute approximate surface area is 87.7 Å². The minimum absolute atomic E-state index is 0.172. The highest BCUT2D eigenvalue weighted by molar-refractivity contribution is 5.27. The Morgan fingerprint density at radius 3 is 2.53 bits per heavy atom. The van der Waals surface area contributed by atoms with E-state index >= 15 is 0 Å². The molecule has 0 atom stereocenters. The van der Waals surface area contributed by atoms with Gasteiger partial charge in [0.15, 0.2) is 0 Å². The second-order valence-electron chi connectivity index (χ2n) is 3.20. The smallest absolute Gasteiger partial charge is 0.209 e. The zero-order valence-electron chi connectivity index (χ0n) is 8.42. The van der Waals surface area contributed by atoms with Gasteiger partial charge in [-0.15, -0.1) is 0 Å². The van der Waals surface area contributed by atoms with Gasteiger partial charge in [-0.3, -0.25) is 0 Å². The Bertz CT molecular complexity index is 434. The van der Waals surface area contributed by atoms with Crippen LogP contribution in [-0.2, 0) is 6.54 Å². The van der Waals surface area contributed by atoms with Crippen molar-refractivity contribution in [1.82, 2.24) is 9.78 Å². The number of methoxy groups -OCH3 is 1. The third kappa shape index (κ3) is 2.10. The number of rotatable bonds is 3. The Morgan fingerprint density at radius 1 is 1.27 bits per heavy atom. The van der Waals surface area contributed by atoms with Crippen LogP contribution in [0, 0.1) is 0 Å². The first-order chi connectivity index (χ1) is 7.29. The minimum Gasteiger partial charge on any atom is -0.497 e. The highest BCUT2D eigenvalue weighted by atomic mass is 16.5. The molecule has 15 heavy (non-hydrogen) atoms. The molecule has 1 aromatic heterocycles. The minimum atomic E-state index is 0.172. The van der Waals surface area contributed by atoms with E-state index in [-0.39, 0.29) is 5.88 Å². The van der Waals surface area contributed by atoms with E-state index in [9.17, 15) is 5.11 Å². The molecule has 1 heterocycles. The van der Waals surface area contributed by atoms with Crippen LogP contribution in [0.2, 0.25) is 0 Å². The zero-order valence-corrected chi connectivity index (χ0v) is 8.42. The van der Waals surface area contributed by atoms with Gasteiger partial charge in [-0.25, -0.2) is 4.68 Å². The van der Waals surface area contributed by atoms with Crippen molar-refractivity contribution < 1.29 is 9.84 Å². The van der Waals surface area contributed by atoms with Crippen molar-refractivity contribution in [3.05, 3.63) is 42.1 Å². The fourth-order valence-electron chi connectivity index (χ4n) is 1.35. The lowest BCUT2D eigenvalue weighted by molar-refractivity contribution is 0.408. The molecule has 0 unspecified atom stereocenters. The molecule has 0 saturated heterocycles. The van der Waals surface area contributed by atoms with Crippen LogP contribution in [-0.4, -0.2) is 22.0 Å². The van der Waals surface area contributed by atoms with Crippen molar-refractivity contribution in [1.29, 1.82) is 0 Å². The second-order valence-corrected chi connectivity index (χ2v) is 3.20. The molecule has 0 aliphatic carbocycles. The van der Waals surface area contributed by atoms with E-state index in [1.54, 1.807) is 19.4 Å². The quantitative estimate of drug-likeness (QED) is 0.826. The third-order valence-corrected chi connectivity index (χ3v) is 2.19. The maximum absolute atomic E-state index is 9.39. The molecule has 0 spiro atoms. The average Bonchev–Trinajstić information content (AvgIpc) is 2.66. The molecule has 0 saturated carbocycles. The lowest BCUT2D eigenvalue weighted by Gasteiger charge is -2.04. The lowest BCUT2D eigenvalue weighted by Crippen LogP contribution is -2.00. The van der Waals surface area contributed by atoms with E-state index in [1.165, 1.54) is 4.68 Å². The molecule has 0 amide bonds. The zero-order chi connectivity index (χ0) is 10.7. The van der Waals surface area contributed by atoms with Crippen LogP contribution in [0.25, 0.3) is 0 Å². The summed E-state index contributed by atoms with van der Waals surface area (Å²) in [7, 11) is 1.63. The van der Waals surface area contributed by atoms with Gasteiger partial charge >= 0.3 is 0 Å². The fourth-order valence-corrected chi connectivity index (χ4v) is 1.35. The largest absolute Gasteiger partial charge is 0.497 e. The normalized spacial score (nSPS) is 10.2. The van der Waals surface area contributed by atoms with Gasteiger partial charge in [-0.1, -0.05) is 12.1 Å². The lowest BCUT2D eigenvalue weighted by atomic mass is 10.2. The highest BCUT2D eigenvalue weighted by Gasteiger charge is 2.00. The summed E-state index contributed by atoms with van der Waals surface area (Å²) in [6.07, 6.45) is 1.57. The van der Waals surface area contributed by atoms with Crippen LogP contribution in [0.5, 0.6) is 11.6 Å². The number of hydrogen-bond acceptors (Lipinski definition) is 3. The van der Waals surface area contributed by atoms with E-state index in [0.29, 0.717) is 6.54 Å². The van der Waals surface area contributed by atoms with Gasteiger partial charge in [0, 0.05) is 6.07 Å². The molecule has 78 valence electrons. The molecule has 1 aromatic carbocycles. The van der Waals surface area contributed by atoms with Crippen LogP contribution in [0.3, 0.4) is 0 Å². The van der Waals surface area contributed by atoms with Crippen molar-refractivity contribution >= 4 is 0 Å². The van der Waals surface area contributed by atoms with Gasteiger partial charge in [0.2, 0.25) is 5.88 Å². The SMILES string of the molecule is COc1ccc(Cn2nccc2O)cc1. The van der Waals surface area contributed by atoms with Gasteiger partial charge in [-0.05, 0) is 17.7 Å². The summed E-state index contributed by atoms with van der Waals surface area (Å²) in [6, 6.07) is 9.22. The first-order valence-electron chi connectivity index (χ1n) is 4.63. The first kappa shape index (κ1) is 9.58. The summed E-state index contributed by atoms with van der Waals surface area (Å²) >= 11 is 0. The van der Waals surface area contributed by atoms with Crippen LogP contribution in [0.15, 0.2) is 36.5 Å². The first-order valence-corrected chi connectivity index (χ1v) is 4.63. The molecule has 2 aromatic rings.